The van der Waals surface area contributed by atoms with Crippen LogP contribution in [0.4, 0.5) is 13.2 Å². The minimum absolute atomic E-state index is 0.00480. The summed E-state index contributed by atoms with van der Waals surface area (Å²) in [6, 6.07) is 11.6. The van der Waals surface area contributed by atoms with Gasteiger partial charge in [0.25, 0.3) is 9.84 Å². The molecule has 2 heterocycles. The largest absolute Gasteiger partial charge is 0.503 e. The monoisotopic (exact) mass is 363 g/mol. The lowest BCUT2D eigenvalue weighted by Crippen LogP contribution is -2.24. The van der Waals surface area contributed by atoms with Crippen molar-refractivity contribution in [2.45, 2.75) is 10.5 Å². The summed E-state index contributed by atoms with van der Waals surface area (Å²) in [5.41, 5.74) is -4.45. The van der Waals surface area contributed by atoms with E-state index in [1.165, 1.54) is 30.5 Å². The number of hydrogen-bond acceptors (Lipinski definition) is 5. The van der Waals surface area contributed by atoms with Gasteiger partial charge in [-0.1, -0.05) is 12.1 Å². The molecule has 9 heteroatoms. The SMILES string of the molecule is N#Cc1cccc(-c2cc(S(=O)(=O)C(F)(F)F)nc3cccnc23)c1. The van der Waals surface area contributed by atoms with Crippen LogP contribution in [0.2, 0.25) is 0 Å². The van der Waals surface area contributed by atoms with Gasteiger partial charge >= 0.3 is 5.51 Å². The van der Waals surface area contributed by atoms with Crippen molar-refractivity contribution in [1.82, 2.24) is 9.97 Å². The Morgan fingerprint density at radius 2 is 1.84 bits per heavy atom. The van der Waals surface area contributed by atoms with Crippen LogP contribution < -0.4 is 0 Å². The van der Waals surface area contributed by atoms with Crippen molar-refractivity contribution in [2.75, 3.05) is 0 Å². The molecular formula is C16H8F3N3O2S. The van der Waals surface area contributed by atoms with E-state index < -0.39 is 20.4 Å². The van der Waals surface area contributed by atoms with Gasteiger partial charge in [-0.25, -0.2) is 13.4 Å². The molecule has 126 valence electrons. The third-order valence-corrected chi connectivity index (χ3v) is 4.79. The van der Waals surface area contributed by atoms with Gasteiger partial charge in [-0.3, -0.25) is 4.98 Å². The van der Waals surface area contributed by atoms with Gasteiger partial charge in [-0.2, -0.15) is 18.4 Å². The Hall–Kier alpha value is -2.99. The van der Waals surface area contributed by atoms with Crippen LogP contribution >= 0.6 is 0 Å². The Kier molecular flexibility index (Phi) is 3.93. The molecule has 0 saturated heterocycles. The Labute approximate surface area is 140 Å². The molecule has 0 amide bonds. The topological polar surface area (TPSA) is 83.7 Å². The summed E-state index contributed by atoms with van der Waals surface area (Å²) in [7, 11) is -5.62. The zero-order valence-electron chi connectivity index (χ0n) is 12.3. The summed E-state index contributed by atoms with van der Waals surface area (Å²) in [5.74, 6) is 0. The maximum Gasteiger partial charge on any atom is 0.503 e. The van der Waals surface area contributed by atoms with Crippen molar-refractivity contribution in [3.8, 4) is 17.2 Å². The highest BCUT2D eigenvalue weighted by molar-refractivity contribution is 7.92. The van der Waals surface area contributed by atoms with E-state index in [1.54, 1.807) is 12.1 Å². The second kappa shape index (κ2) is 5.82. The Balaban J connectivity index is 2.37. The molecule has 1 aromatic carbocycles. The van der Waals surface area contributed by atoms with Crippen molar-refractivity contribution in [1.29, 1.82) is 5.26 Å². The lowest BCUT2D eigenvalue weighted by molar-refractivity contribution is -0.0437. The van der Waals surface area contributed by atoms with Crippen LogP contribution in [0.15, 0.2) is 53.7 Å². The molecule has 0 atom stereocenters. The predicted molar refractivity (Wildman–Crippen MR) is 82.9 cm³/mol. The average molecular weight is 363 g/mol. The summed E-state index contributed by atoms with van der Waals surface area (Å²) < 4.78 is 62.1. The van der Waals surface area contributed by atoms with E-state index in [2.05, 4.69) is 9.97 Å². The van der Waals surface area contributed by atoms with Gasteiger partial charge in [0.2, 0.25) is 0 Å². The number of alkyl halides is 3. The second-order valence-electron chi connectivity index (χ2n) is 5.02. The molecule has 0 aliphatic heterocycles. The van der Waals surface area contributed by atoms with Crippen LogP contribution in [0.5, 0.6) is 0 Å². The third-order valence-electron chi connectivity index (χ3n) is 3.42. The van der Waals surface area contributed by atoms with E-state index >= 15 is 0 Å². The number of rotatable bonds is 2. The van der Waals surface area contributed by atoms with Crippen molar-refractivity contribution in [2.24, 2.45) is 0 Å². The van der Waals surface area contributed by atoms with E-state index in [0.717, 1.165) is 6.07 Å². The Morgan fingerprint density at radius 3 is 2.52 bits per heavy atom. The standard InChI is InChI=1S/C16H8F3N3O2S/c17-16(18,19)25(23,24)14-8-12(11-4-1-3-10(7-11)9-20)15-13(22-14)5-2-6-21-15/h1-8H. The minimum atomic E-state index is -5.62. The zero-order valence-corrected chi connectivity index (χ0v) is 13.1. The molecule has 0 unspecified atom stereocenters. The second-order valence-corrected chi connectivity index (χ2v) is 6.91. The van der Waals surface area contributed by atoms with Crippen LogP contribution in [-0.2, 0) is 9.84 Å². The van der Waals surface area contributed by atoms with Crippen LogP contribution in [0.3, 0.4) is 0 Å². The number of sulfone groups is 1. The van der Waals surface area contributed by atoms with Crippen LogP contribution in [-0.4, -0.2) is 23.9 Å². The quantitative estimate of drug-likeness (QED) is 0.696. The molecule has 25 heavy (non-hydrogen) atoms. The minimum Gasteiger partial charge on any atom is -0.254 e. The highest BCUT2D eigenvalue weighted by Crippen LogP contribution is 2.34. The molecule has 0 aliphatic carbocycles. The van der Waals surface area contributed by atoms with E-state index in [-0.39, 0.29) is 22.2 Å². The molecule has 0 bridgehead atoms. The maximum atomic E-state index is 12.9. The van der Waals surface area contributed by atoms with Crippen molar-refractivity contribution >= 4 is 20.9 Å². The molecule has 3 rings (SSSR count). The summed E-state index contributed by atoms with van der Waals surface area (Å²) >= 11 is 0. The van der Waals surface area contributed by atoms with Crippen molar-refractivity contribution in [3.05, 3.63) is 54.2 Å². The molecule has 0 saturated carbocycles. The van der Waals surface area contributed by atoms with Crippen molar-refractivity contribution in [3.63, 3.8) is 0 Å². The van der Waals surface area contributed by atoms with Gasteiger partial charge < -0.3 is 0 Å². The molecule has 0 N–H and O–H groups in total. The Morgan fingerprint density at radius 1 is 1.08 bits per heavy atom. The number of aromatic nitrogens is 2. The first-order chi connectivity index (χ1) is 11.7. The first-order valence-electron chi connectivity index (χ1n) is 6.82. The fraction of sp³-hybridized carbons (Fsp3) is 0.0625. The fourth-order valence-electron chi connectivity index (χ4n) is 2.27. The average Bonchev–Trinajstić information content (AvgIpc) is 2.59. The number of benzene rings is 1. The molecule has 2 aromatic heterocycles. The molecule has 0 fully saturated rings. The number of pyridine rings is 2. The smallest absolute Gasteiger partial charge is 0.254 e. The highest BCUT2D eigenvalue weighted by atomic mass is 32.2. The molecule has 0 spiro atoms. The molecule has 3 aromatic rings. The number of nitriles is 1. The van der Waals surface area contributed by atoms with E-state index in [9.17, 15) is 21.6 Å². The molecule has 0 radical (unpaired) electrons. The van der Waals surface area contributed by atoms with E-state index in [1.807, 2.05) is 6.07 Å². The third kappa shape index (κ3) is 2.92. The normalized spacial score (nSPS) is 12.1. The van der Waals surface area contributed by atoms with Gasteiger partial charge in [0.1, 0.15) is 0 Å². The van der Waals surface area contributed by atoms with Gasteiger partial charge in [0, 0.05) is 11.8 Å². The summed E-state index contributed by atoms with van der Waals surface area (Å²) in [4.78, 5) is 7.68. The fourth-order valence-corrected chi connectivity index (χ4v) is 3.00. The van der Waals surface area contributed by atoms with Gasteiger partial charge in [0.15, 0.2) is 5.03 Å². The van der Waals surface area contributed by atoms with Gasteiger partial charge in [0.05, 0.1) is 22.7 Å². The van der Waals surface area contributed by atoms with Crippen LogP contribution in [0, 0.1) is 11.3 Å². The number of hydrogen-bond donors (Lipinski definition) is 0. The van der Waals surface area contributed by atoms with Crippen LogP contribution in [0.1, 0.15) is 5.56 Å². The molecule has 0 aliphatic rings. The van der Waals surface area contributed by atoms with Crippen molar-refractivity contribution < 1.29 is 21.6 Å². The number of fused-ring (bicyclic) bond motifs is 1. The summed E-state index contributed by atoms with van der Waals surface area (Å²) in [6.45, 7) is 0. The lowest BCUT2D eigenvalue weighted by Gasteiger charge is -2.11. The lowest BCUT2D eigenvalue weighted by atomic mass is 10.0. The van der Waals surface area contributed by atoms with Gasteiger partial charge in [-0.15, -0.1) is 0 Å². The van der Waals surface area contributed by atoms with E-state index in [0.29, 0.717) is 5.56 Å². The first kappa shape index (κ1) is 16.9. The predicted octanol–water partition coefficient (Wildman–Crippen LogP) is 3.46. The van der Waals surface area contributed by atoms with Crippen LogP contribution in [0.25, 0.3) is 22.2 Å². The maximum absolute atomic E-state index is 12.9. The number of nitrogens with zero attached hydrogens (tertiary/aromatic N) is 3. The summed E-state index contributed by atoms with van der Waals surface area (Å²) in [5, 5.41) is 7.88. The highest BCUT2D eigenvalue weighted by Gasteiger charge is 2.48. The Bertz CT molecular complexity index is 1120. The number of halogens is 3. The van der Waals surface area contributed by atoms with Gasteiger partial charge in [-0.05, 0) is 35.9 Å². The summed E-state index contributed by atoms with van der Waals surface area (Å²) in [6.07, 6.45) is 1.42. The molecule has 5 nitrogen and oxygen atoms in total. The first-order valence-corrected chi connectivity index (χ1v) is 8.30. The molecular weight excluding hydrogens is 355 g/mol. The van der Waals surface area contributed by atoms with E-state index in [4.69, 9.17) is 5.26 Å². The zero-order chi connectivity index (χ0) is 18.2.